The van der Waals surface area contributed by atoms with Crippen molar-refractivity contribution >= 4 is 0 Å². The fraction of sp³-hybridized carbons (Fsp3) is 1.00. The van der Waals surface area contributed by atoms with Gasteiger partial charge in [-0.3, -0.25) is 16.2 Å². The van der Waals surface area contributed by atoms with E-state index >= 15 is 0 Å². The summed E-state index contributed by atoms with van der Waals surface area (Å²) in [6.07, 6.45) is 10.8. The molecule has 4 atom stereocenters. The Kier molecular flexibility index (Phi) is 5.88. The van der Waals surface area contributed by atoms with E-state index in [1.165, 1.54) is 64.5 Å². The average molecular weight is 281 g/mol. The van der Waals surface area contributed by atoms with Gasteiger partial charge >= 0.3 is 0 Å². The van der Waals surface area contributed by atoms with Gasteiger partial charge in [-0.2, -0.15) is 0 Å². The molecule has 1 heterocycles. The van der Waals surface area contributed by atoms with E-state index in [0.29, 0.717) is 6.04 Å². The minimum Gasteiger partial charge on any atom is -0.296 e. The van der Waals surface area contributed by atoms with Crippen LogP contribution in [0.15, 0.2) is 0 Å². The standard InChI is InChI=1S/C17H35N3/c1-4-17(3,20-11-6-5-7-12-20)16(19-18)15-10-8-9-14(2)13-15/h14-16,19H,4-13,18H2,1-3H3. The predicted molar refractivity (Wildman–Crippen MR) is 86.4 cm³/mol. The van der Waals surface area contributed by atoms with Crippen LogP contribution in [0.4, 0.5) is 0 Å². The molecule has 4 unspecified atom stereocenters. The van der Waals surface area contributed by atoms with Gasteiger partial charge in [0.05, 0.1) is 0 Å². The van der Waals surface area contributed by atoms with Crippen LogP contribution in [-0.2, 0) is 0 Å². The number of piperidine rings is 1. The molecule has 1 aliphatic carbocycles. The third kappa shape index (κ3) is 3.37. The van der Waals surface area contributed by atoms with Crippen LogP contribution in [0.25, 0.3) is 0 Å². The number of likely N-dealkylation sites (tertiary alicyclic amines) is 1. The lowest BCUT2D eigenvalue weighted by atomic mass is 9.71. The highest BCUT2D eigenvalue weighted by Gasteiger charge is 2.42. The summed E-state index contributed by atoms with van der Waals surface area (Å²) >= 11 is 0. The van der Waals surface area contributed by atoms with Crippen molar-refractivity contribution < 1.29 is 0 Å². The highest BCUT2D eigenvalue weighted by Crippen LogP contribution is 2.38. The Morgan fingerprint density at radius 3 is 2.45 bits per heavy atom. The van der Waals surface area contributed by atoms with Gasteiger partial charge in [0.2, 0.25) is 0 Å². The van der Waals surface area contributed by atoms with Crippen LogP contribution in [0.5, 0.6) is 0 Å². The van der Waals surface area contributed by atoms with Crippen molar-refractivity contribution in [1.82, 2.24) is 10.3 Å². The number of nitrogens with zero attached hydrogens (tertiary/aromatic N) is 1. The van der Waals surface area contributed by atoms with E-state index in [1.54, 1.807) is 0 Å². The minimum absolute atomic E-state index is 0.219. The third-order valence-corrected chi connectivity index (χ3v) is 6.09. The third-order valence-electron chi connectivity index (χ3n) is 6.09. The Labute approximate surface area is 125 Å². The van der Waals surface area contributed by atoms with Gasteiger partial charge in [-0.05, 0) is 64.0 Å². The minimum atomic E-state index is 0.219. The lowest BCUT2D eigenvalue weighted by Crippen LogP contribution is -2.64. The van der Waals surface area contributed by atoms with Crippen molar-refractivity contribution in [3.05, 3.63) is 0 Å². The van der Waals surface area contributed by atoms with Crippen molar-refractivity contribution in [2.24, 2.45) is 17.7 Å². The van der Waals surface area contributed by atoms with Gasteiger partial charge < -0.3 is 0 Å². The predicted octanol–water partition coefficient (Wildman–Crippen LogP) is 3.30. The maximum Gasteiger partial charge on any atom is 0.0420 e. The Hall–Kier alpha value is -0.120. The molecule has 0 spiro atoms. The van der Waals surface area contributed by atoms with Crippen LogP contribution in [0.3, 0.4) is 0 Å². The summed E-state index contributed by atoms with van der Waals surface area (Å²) in [5, 5.41) is 0. The van der Waals surface area contributed by atoms with E-state index < -0.39 is 0 Å². The van der Waals surface area contributed by atoms with Crippen molar-refractivity contribution in [2.75, 3.05) is 13.1 Å². The lowest BCUT2D eigenvalue weighted by molar-refractivity contribution is 0.0119. The number of hydrazine groups is 1. The molecule has 1 saturated carbocycles. The molecule has 1 saturated heterocycles. The first kappa shape index (κ1) is 16.3. The second kappa shape index (κ2) is 7.24. The molecule has 0 aromatic heterocycles. The van der Waals surface area contributed by atoms with Gasteiger partial charge in [0.1, 0.15) is 0 Å². The molecular weight excluding hydrogens is 246 g/mol. The van der Waals surface area contributed by atoms with Gasteiger partial charge in [0.15, 0.2) is 0 Å². The Morgan fingerprint density at radius 2 is 1.90 bits per heavy atom. The first-order chi connectivity index (χ1) is 9.61. The number of nitrogens with two attached hydrogens (primary N) is 1. The summed E-state index contributed by atoms with van der Waals surface area (Å²) in [5.41, 5.74) is 3.46. The summed E-state index contributed by atoms with van der Waals surface area (Å²) < 4.78 is 0. The molecule has 2 fully saturated rings. The van der Waals surface area contributed by atoms with Crippen LogP contribution in [-0.4, -0.2) is 29.6 Å². The van der Waals surface area contributed by atoms with E-state index in [1.807, 2.05) is 0 Å². The summed E-state index contributed by atoms with van der Waals surface area (Å²) in [6.45, 7) is 9.70. The lowest BCUT2D eigenvalue weighted by Gasteiger charge is -2.51. The molecule has 118 valence electrons. The molecular formula is C17H35N3. The highest BCUT2D eigenvalue weighted by atomic mass is 15.3. The zero-order valence-corrected chi connectivity index (χ0v) is 13.8. The molecule has 2 rings (SSSR count). The Morgan fingerprint density at radius 1 is 1.20 bits per heavy atom. The van der Waals surface area contributed by atoms with Crippen LogP contribution in [0.1, 0.15) is 72.1 Å². The second-order valence-electron chi connectivity index (χ2n) is 7.43. The van der Waals surface area contributed by atoms with Crippen molar-refractivity contribution in [3.8, 4) is 0 Å². The highest BCUT2D eigenvalue weighted by molar-refractivity contribution is 5.00. The summed E-state index contributed by atoms with van der Waals surface area (Å²) in [5.74, 6) is 7.65. The fourth-order valence-corrected chi connectivity index (χ4v) is 4.65. The van der Waals surface area contributed by atoms with Gasteiger partial charge in [-0.25, -0.2) is 0 Å². The number of hydrogen-bond donors (Lipinski definition) is 2. The van der Waals surface area contributed by atoms with Crippen LogP contribution in [0.2, 0.25) is 0 Å². The number of nitrogens with one attached hydrogen (secondary N) is 1. The van der Waals surface area contributed by atoms with E-state index in [9.17, 15) is 0 Å². The quantitative estimate of drug-likeness (QED) is 0.600. The molecule has 3 heteroatoms. The Bertz CT molecular complexity index is 288. The monoisotopic (exact) mass is 281 g/mol. The molecule has 0 aromatic carbocycles. The first-order valence-corrected chi connectivity index (χ1v) is 8.83. The van der Waals surface area contributed by atoms with E-state index in [-0.39, 0.29) is 5.54 Å². The fourth-order valence-electron chi connectivity index (χ4n) is 4.65. The normalized spacial score (nSPS) is 33.6. The SMILES string of the molecule is CCC(C)(C(NN)C1CCCC(C)C1)N1CCCCC1. The summed E-state index contributed by atoms with van der Waals surface area (Å²) in [4.78, 5) is 2.72. The molecule has 3 N–H and O–H groups in total. The van der Waals surface area contributed by atoms with Crippen LogP contribution in [0, 0.1) is 11.8 Å². The van der Waals surface area contributed by atoms with Gasteiger partial charge in [-0.1, -0.05) is 33.1 Å². The molecule has 20 heavy (non-hydrogen) atoms. The maximum absolute atomic E-state index is 6.04. The van der Waals surface area contributed by atoms with Gasteiger partial charge in [0, 0.05) is 11.6 Å². The van der Waals surface area contributed by atoms with E-state index in [0.717, 1.165) is 11.8 Å². The van der Waals surface area contributed by atoms with Crippen molar-refractivity contribution in [3.63, 3.8) is 0 Å². The second-order valence-corrected chi connectivity index (χ2v) is 7.43. The largest absolute Gasteiger partial charge is 0.296 e. The van der Waals surface area contributed by atoms with E-state index in [4.69, 9.17) is 5.84 Å². The molecule has 1 aliphatic heterocycles. The first-order valence-electron chi connectivity index (χ1n) is 8.83. The smallest absolute Gasteiger partial charge is 0.0420 e. The van der Waals surface area contributed by atoms with Crippen LogP contribution >= 0.6 is 0 Å². The summed E-state index contributed by atoms with van der Waals surface area (Å²) in [6, 6.07) is 0.438. The number of hydrogen-bond acceptors (Lipinski definition) is 3. The summed E-state index contributed by atoms with van der Waals surface area (Å²) in [7, 11) is 0. The molecule has 3 nitrogen and oxygen atoms in total. The topological polar surface area (TPSA) is 41.3 Å². The molecule has 0 bridgehead atoms. The maximum atomic E-state index is 6.04. The zero-order valence-electron chi connectivity index (χ0n) is 13.8. The van der Waals surface area contributed by atoms with Crippen molar-refractivity contribution in [1.29, 1.82) is 0 Å². The molecule has 0 amide bonds. The van der Waals surface area contributed by atoms with Gasteiger partial charge in [0.25, 0.3) is 0 Å². The zero-order chi connectivity index (χ0) is 14.6. The molecule has 0 radical (unpaired) electrons. The Balaban J connectivity index is 2.12. The van der Waals surface area contributed by atoms with Crippen LogP contribution < -0.4 is 11.3 Å². The van der Waals surface area contributed by atoms with Gasteiger partial charge in [-0.15, -0.1) is 0 Å². The van der Waals surface area contributed by atoms with Crippen molar-refractivity contribution in [2.45, 2.75) is 83.7 Å². The number of rotatable bonds is 5. The average Bonchev–Trinajstić information content (AvgIpc) is 2.48. The molecule has 0 aromatic rings. The van der Waals surface area contributed by atoms with E-state index in [2.05, 4.69) is 31.1 Å². The molecule has 2 aliphatic rings.